The number of benzene rings is 1. The molecular weight excluding hydrogens is 389 g/mol. The van der Waals surface area contributed by atoms with Crippen molar-refractivity contribution in [3.63, 3.8) is 0 Å². The van der Waals surface area contributed by atoms with Crippen LogP contribution in [0.3, 0.4) is 0 Å². The largest absolute Gasteiger partial charge is 0.486 e. The van der Waals surface area contributed by atoms with E-state index in [2.05, 4.69) is 9.97 Å². The molecule has 2 aliphatic rings. The highest BCUT2D eigenvalue weighted by molar-refractivity contribution is 7.89. The van der Waals surface area contributed by atoms with Crippen LogP contribution in [0.25, 0.3) is 0 Å². The zero-order chi connectivity index (χ0) is 19.7. The fourth-order valence-electron chi connectivity index (χ4n) is 3.22. The summed E-state index contributed by atoms with van der Waals surface area (Å²) in [5.74, 6) is 0.196. The van der Waals surface area contributed by atoms with Crippen molar-refractivity contribution in [3.05, 3.63) is 36.0 Å². The second-order valence-electron chi connectivity index (χ2n) is 6.49. The van der Waals surface area contributed by atoms with Crippen LogP contribution in [0, 0.1) is 5.82 Å². The number of fused-ring (bicyclic) bond motifs is 1. The van der Waals surface area contributed by atoms with Gasteiger partial charge in [0, 0.05) is 12.6 Å². The lowest BCUT2D eigenvalue weighted by molar-refractivity contribution is 0.171. The van der Waals surface area contributed by atoms with Gasteiger partial charge >= 0.3 is 0 Å². The van der Waals surface area contributed by atoms with Crippen LogP contribution in [0.1, 0.15) is 19.0 Å². The number of nitrogens with zero attached hydrogens (tertiary/aromatic N) is 3. The molecule has 28 heavy (non-hydrogen) atoms. The van der Waals surface area contributed by atoms with Crippen LogP contribution in [0.4, 0.5) is 4.39 Å². The fraction of sp³-hybridized carbons (Fsp3) is 0.444. The van der Waals surface area contributed by atoms with Gasteiger partial charge in [0.05, 0.1) is 17.1 Å². The number of rotatable bonds is 5. The molecule has 10 heteroatoms. The predicted molar refractivity (Wildman–Crippen MR) is 96.6 cm³/mol. The van der Waals surface area contributed by atoms with Crippen LogP contribution >= 0.6 is 0 Å². The van der Waals surface area contributed by atoms with E-state index in [0.29, 0.717) is 37.6 Å². The molecule has 4 rings (SSSR count). The molecule has 0 saturated carbocycles. The number of hydrogen-bond donors (Lipinski definition) is 0. The molecule has 0 bridgehead atoms. The third-order valence-corrected chi connectivity index (χ3v) is 6.56. The Balaban J connectivity index is 1.49. The van der Waals surface area contributed by atoms with E-state index in [1.807, 2.05) is 0 Å². The molecule has 0 unspecified atom stereocenters. The number of sulfonamides is 1. The Morgan fingerprint density at radius 1 is 1.25 bits per heavy atom. The smallest absolute Gasteiger partial charge is 0.254 e. The topological polar surface area (TPSA) is 90.9 Å². The monoisotopic (exact) mass is 409 g/mol. The van der Waals surface area contributed by atoms with Gasteiger partial charge in [-0.25, -0.2) is 13.4 Å². The Morgan fingerprint density at radius 2 is 2.04 bits per heavy atom. The van der Waals surface area contributed by atoms with Crippen molar-refractivity contribution < 1.29 is 27.0 Å². The van der Waals surface area contributed by atoms with Crippen LogP contribution in [-0.2, 0) is 16.4 Å². The molecule has 0 radical (unpaired) electrons. The summed E-state index contributed by atoms with van der Waals surface area (Å²) < 4.78 is 58.0. The molecule has 0 N–H and O–H groups in total. The Kier molecular flexibility index (Phi) is 5.07. The van der Waals surface area contributed by atoms with Crippen molar-refractivity contribution in [1.29, 1.82) is 0 Å². The van der Waals surface area contributed by atoms with Crippen LogP contribution in [0.5, 0.6) is 17.4 Å². The summed E-state index contributed by atoms with van der Waals surface area (Å²) in [6.07, 6.45) is 1.62. The van der Waals surface area contributed by atoms with E-state index in [1.165, 1.54) is 22.8 Å². The molecule has 3 heterocycles. The second kappa shape index (κ2) is 7.51. The van der Waals surface area contributed by atoms with Crippen LogP contribution in [0.15, 0.2) is 29.4 Å². The average molecular weight is 409 g/mol. The fourth-order valence-corrected chi connectivity index (χ4v) is 4.72. The maximum atomic E-state index is 14.3. The maximum absolute atomic E-state index is 14.3. The summed E-state index contributed by atoms with van der Waals surface area (Å²) in [5, 5.41) is 0. The quantitative estimate of drug-likeness (QED) is 0.744. The van der Waals surface area contributed by atoms with Crippen LogP contribution in [0.2, 0.25) is 0 Å². The van der Waals surface area contributed by atoms with Gasteiger partial charge in [0.1, 0.15) is 25.6 Å². The van der Waals surface area contributed by atoms with E-state index < -0.39 is 21.9 Å². The molecular formula is C18H20FN3O5S. The number of halogens is 1. The molecule has 0 amide bonds. The summed E-state index contributed by atoms with van der Waals surface area (Å²) >= 11 is 0. The van der Waals surface area contributed by atoms with Crippen LogP contribution in [-0.4, -0.2) is 55.1 Å². The SMILES string of the molecule is CCc1ncnc(O[C@@H]2CCN(S(=O)(=O)c3ccc4c(c3)OCCO4)C2)c1F. The zero-order valence-corrected chi connectivity index (χ0v) is 16.1. The summed E-state index contributed by atoms with van der Waals surface area (Å²) in [7, 11) is -3.73. The highest BCUT2D eigenvalue weighted by Crippen LogP contribution is 2.34. The van der Waals surface area contributed by atoms with Crippen molar-refractivity contribution in [2.45, 2.75) is 30.8 Å². The standard InChI is InChI=1S/C18H20FN3O5S/c1-2-14-17(19)18(21-11-20-14)27-12-5-6-22(10-12)28(23,24)13-3-4-15-16(9-13)26-8-7-25-15/h3-4,9,11-12H,2,5-8,10H2,1H3/t12-/m1/s1. The summed E-state index contributed by atoms with van der Waals surface area (Å²) in [5.41, 5.74) is 0.267. The lowest BCUT2D eigenvalue weighted by Gasteiger charge is -2.21. The van der Waals surface area contributed by atoms with Gasteiger partial charge in [0.25, 0.3) is 5.88 Å². The minimum Gasteiger partial charge on any atom is -0.486 e. The molecule has 150 valence electrons. The molecule has 8 nitrogen and oxygen atoms in total. The second-order valence-corrected chi connectivity index (χ2v) is 8.43. The van der Waals surface area contributed by atoms with Gasteiger partial charge in [-0.1, -0.05) is 6.92 Å². The van der Waals surface area contributed by atoms with Crippen molar-refractivity contribution in [2.24, 2.45) is 0 Å². The first-order chi connectivity index (χ1) is 13.5. The van der Waals surface area contributed by atoms with Crippen LogP contribution < -0.4 is 14.2 Å². The summed E-state index contributed by atoms with van der Waals surface area (Å²) in [4.78, 5) is 7.83. The third-order valence-electron chi connectivity index (χ3n) is 4.70. The third kappa shape index (κ3) is 3.49. The number of hydrogen-bond acceptors (Lipinski definition) is 7. The summed E-state index contributed by atoms with van der Waals surface area (Å²) in [6.45, 7) is 2.98. The molecule has 1 atom stereocenters. The first-order valence-electron chi connectivity index (χ1n) is 9.05. The molecule has 1 saturated heterocycles. The van der Waals surface area contributed by atoms with E-state index in [-0.39, 0.29) is 29.6 Å². The first kappa shape index (κ1) is 18.9. The van der Waals surface area contributed by atoms with Gasteiger partial charge in [-0.05, 0) is 25.0 Å². The normalized spacial score (nSPS) is 19.6. The van der Waals surface area contributed by atoms with Gasteiger partial charge < -0.3 is 14.2 Å². The number of aryl methyl sites for hydroxylation is 1. The van der Waals surface area contributed by atoms with E-state index in [1.54, 1.807) is 13.0 Å². The number of aromatic nitrogens is 2. The molecule has 1 aromatic carbocycles. The number of ether oxygens (including phenoxy) is 3. The minimum absolute atomic E-state index is 0.113. The van der Waals surface area contributed by atoms with E-state index in [4.69, 9.17) is 14.2 Å². The molecule has 2 aromatic rings. The van der Waals surface area contributed by atoms with Gasteiger partial charge in [0.2, 0.25) is 15.8 Å². The van der Waals surface area contributed by atoms with Gasteiger partial charge in [-0.15, -0.1) is 0 Å². The zero-order valence-electron chi connectivity index (χ0n) is 15.3. The van der Waals surface area contributed by atoms with Gasteiger partial charge in [-0.2, -0.15) is 13.7 Å². The molecule has 1 aromatic heterocycles. The summed E-state index contributed by atoms with van der Waals surface area (Å²) in [6, 6.07) is 4.55. The highest BCUT2D eigenvalue weighted by atomic mass is 32.2. The Hall–Kier alpha value is -2.46. The Morgan fingerprint density at radius 3 is 2.82 bits per heavy atom. The first-order valence-corrected chi connectivity index (χ1v) is 10.5. The lowest BCUT2D eigenvalue weighted by Crippen LogP contribution is -2.31. The molecule has 2 aliphatic heterocycles. The van der Waals surface area contributed by atoms with Crippen molar-refractivity contribution >= 4 is 10.0 Å². The van der Waals surface area contributed by atoms with E-state index >= 15 is 0 Å². The van der Waals surface area contributed by atoms with Crippen molar-refractivity contribution in [2.75, 3.05) is 26.3 Å². The van der Waals surface area contributed by atoms with Crippen molar-refractivity contribution in [1.82, 2.24) is 14.3 Å². The lowest BCUT2D eigenvalue weighted by atomic mass is 10.3. The molecule has 0 aliphatic carbocycles. The maximum Gasteiger partial charge on any atom is 0.254 e. The van der Waals surface area contributed by atoms with Gasteiger partial charge in [0.15, 0.2) is 11.5 Å². The van der Waals surface area contributed by atoms with Gasteiger partial charge in [-0.3, -0.25) is 0 Å². The molecule has 0 spiro atoms. The Labute approximate surface area is 162 Å². The average Bonchev–Trinajstić information content (AvgIpc) is 3.18. The van der Waals surface area contributed by atoms with Crippen molar-refractivity contribution in [3.8, 4) is 17.4 Å². The Bertz CT molecular complexity index is 985. The molecule has 1 fully saturated rings. The predicted octanol–water partition coefficient (Wildman–Crippen LogP) is 1.79. The van der Waals surface area contributed by atoms with E-state index in [0.717, 1.165) is 0 Å². The van der Waals surface area contributed by atoms with E-state index in [9.17, 15) is 12.8 Å². The highest BCUT2D eigenvalue weighted by Gasteiger charge is 2.35. The minimum atomic E-state index is -3.73.